The lowest BCUT2D eigenvalue weighted by molar-refractivity contribution is 0.309. The zero-order chi connectivity index (χ0) is 9.78. The van der Waals surface area contributed by atoms with Crippen molar-refractivity contribution in [2.75, 3.05) is 7.05 Å². The monoisotopic (exact) mass is 169 g/mol. The van der Waals surface area contributed by atoms with Crippen molar-refractivity contribution in [1.82, 2.24) is 5.32 Å². The van der Waals surface area contributed by atoms with E-state index in [1.807, 2.05) is 7.05 Å². The van der Waals surface area contributed by atoms with Crippen molar-refractivity contribution in [1.29, 1.82) is 0 Å². The molecule has 1 heteroatoms. The minimum atomic E-state index is 0.276. The lowest BCUT2D eigenvalue weighted by Gasteiger charge is -2.31. The first kappa shape index (κ1) is 11.7. The molecular formula is C11H23N. The fourth-order valence-corrected chi connectivity index (χ4v) is 1.27. The van der Waals surface area contributed by atoms with Crippen LogP contribution in [0.5, 0.6) is 0 Å². The fourth-order valence-electron chi connectivity index (χ4n) is 1.27. The summed E-state index contributed by atoms with van der Waals surface area (Å²) in [7, 11) is 2.04. The van der Waals surface area contributed by atoms with E-state index in [0.29, 0.717) is 5.92 Å². The van der Waals surface area contributed by atoms with Crippen molar-refractivity contribution in [2.24, 2.45) is 5.92 Å². The molecule has 0 aliphatic rings. The van der Waals surface area contributed by atoms with Crippen LogP contribution >= 0.6 is 0 Å². The molecule has 1 N–H and O–H groups in total. The highest BCUT2D eigenvalue weighted by Gasteiger charge is 2.22. The summed E-state index contributed by atoms with van der Waals surface area (Å²) in [5, 5.41) is 3.37. The quantitative estimate of drug-likeness (QED) is 0.624. The molecule has 0 spiro atoms. The lowest BCUT2D eigenvalue weighted by atomic mass is 9.85. The summed E-state index contributed by atoms with van der Waals surface area (Å²) in [5.74, 6) is 0.613. The van der Waals surface area contributed by atoms with Crippen molar-refractivity contribution in [3.63, 3.8) is 0 Å². The second kappa shape index (κ2) is 4.66. The van der Waals surface area contributed by atoms with Gasteiger partial charge < -0.3 is 5.32 Å². The van der Waals surface area contributed by atoms with E-state index in [9.17, 15) is 0 Å². The molecule has 0 fully saturated rings. The molecule has 2 atom stereocenters. The van der Waals surface area contributed by atoms with Crippen LogP contribution in [0.25, 0.3) is 0 Å². The smallest absolute Gasteiger partial charge is 0.0153 e. The van der Waals surface area contributed by atoms with Crippen LogP contribution in [-0.2, 0) is 0 Å². The fraction of sp³-hybridized carbons (Fsp3) is 0.818. The molecule has 0 radical (unpaired) electrons. The van der Waals surface area contributed by atoms with Gasteiger partial charge in [0.1, 0.15) is 0 Å². The number of rotatable bonds is 5. The molecule has 0 rings (SSSR count). The maximum atomic E-state index is 3.98. The Balaban J connectivity index is 4.11. The molecular weight excluding hydrogens is 146 g/mol. The summed E-state index contributed by atoms with van der Waals surface area (Å²) in [6, 6.07) is 0. The maximum Gasteiger partial charge on any atom is 0.0153 e. The molecule has 0 saturated heterocycles. The van der Waals surface area contributed by atoms with Crippen molar-refractivity contribution < 1.29 is 0 Å². The van der Waals surface area contributed by atoms with Crippen LogP contribution in [0, 0.1) is 5.92 Å². The van der Waals surface area contributed by atoms with Gasteiger partial charge in [-0.25, -0.2) is 0 Å². The van der Waals surface area contributed by atoms with E-state index in [-0.39, 0.29) is 5.54 Å². The van der Waals surface area contributed by atoms with Crippen LogP contribution < -0.4 is 5.32 Å². The SMILES string of the molecule is C=C(C)C(C)CC(C)(CC)NC. The first-order chi connectivity index (χ1) is 5.45. The molecule has 0 aliphatic carbocycles. The van der Waals surface area contributed by atoms with Gasteiger partial charge in [0.25, 0.3) is 0 Å². The summed E-state index contributed by atoms with van der Waals surface area (Å²) < 4.78 is 0. The highest BCUT2D eigenvalue weighted by atomic mass is 14.9. The standard InChI is InChI=1S/C11H23N/c1-7-11(5,12-6)8-10(4)9(2)3/h10,12H,2,7-8H2,1,3-6H3. The Labute approximate surface area is 77.2 Å². The van der Waals surface area contributed by atoms with Gasteiger partial charge in [-0.15, -0.1) is 0 Å². The van der Waals surface area contributed by atoms with Gasteiger partial charge in [-0.3, -0.25) is 0 Å². The number of hydrogen-bond donors (Lipinski definition) is 1. The average Bonchev–Trinajstić information content (AvgIpc) is 2.04. The molecule has 0 aliphatic heterocycles. The molecule has 0 aromatic carbocycles. The number of hydrogen-bond acceptors (Lipinski definition) is 1. The Morgan fingerprint density at radius 2 is 2.08 bits per heavy atom. The first-order valence-electron chi connectivity index (χ1n) is 4.79. The lowest BCUT2D eigenvalue weighted by Crippen LogP contribution is -2.40. The Bertz CT molecular complexity index is 145. The minimum absolute atomic E-state index is 0.276. The van der Waals surface area contributed by atoms with E-state index in [4.69, 9.17) is 0 Å². The predicted molar refractivity (Wildman–Crippen MR) is 56.4 cm³/mol. The van der Waals surface area contributed by atoms with E-state index in [0.717, 1.165) is 0 Å². The molecule has 0 heterocycles. The van der Waals surface area contributed by atoms with Crippen LogP contribution in [0.2, 0.25) is 0 Å². The minimum Gasteiger partial charge on any atom is -0.315 e. The highest BCUT2D eigenvalue weighted by molar-refractivity contribution is 4.98. The van der Waals surface area contributed by atoms with Gasteiger partial charge in [0.15, 0.2) is 0 Å². The highest BCUT2D eigenvalue weighted by Crippen LogP contribution is 2.23. The van der Waals surface area contributed by atoms with Crippen LogP contribution in [0.1, 0.15) is 40.5 Å². The van der Waals surface area contributed by atoms with Gasteiger partial charge in [-0.2, -0.15) is 0 Å². The van der Waals surface area contributed by atoms with E-state index < -0.39 is 0 Å². The second-order valence-electron chi connectivity index (χ2n) is 4.12. The molecule has 72 valence electrons. The van der Waals surface area contributed by atoms with Gasteiger partial charge in [0.2, 0.25) is 0 Å². The van der Waals surface area contributed by atoms with Gasteiger partial charge in [0, 0.05) is 5.54 Å². The van der Waals surface area contributed by atoms with E-state index in [2.05, 4.69) is 39.6 Å². The van der Waals surface area contributed by atoms with Crippen molar-refractivity contribution in [2.45, 2.75) is 46.1 Å². The van der Waals surface area contributed by atoms with Gasteiger partial charge in [-0.05, 0) is 39.7 Å². The zero-order valence-electron chi connectivity index (χ0n) is 9.20. The third kappa shape index (κ3) is 3.40. The molecule has 2 unspecified atom stereocenters. The molecule has 0 saturated carbocycles. The van der Waals surface area contributed by atoms with Gasteiger partial charge in [-0.1, -0.05) is 26.0 Å². The normalized spacial score (nSPS) is 18.4. The predicted octanol–water partition coefficient (Wildman–Crippen LogP) is 2.98. The Hall–Kier alpha value is -0.300. The molecule has 12 heavy (non-hydrogen) atoms. The van der Waals surface area contributed by atoms with Gasteiger partial charge >= 0.3 is 0 Å². The third-order valence-electron chi connectivity index (χ3n) is 2.98. The number of allylic oxidation sites excluding steroid dienone is 1. The molecule has 0 aromatic heterocycles. The summed E-state index contributed by atoms with van der Waals surface area (Å²) in [6.45, 7) is 12.8. The Kier molecular flexibility index (Phi) is 4.54. The van der Waals surface area contributed by atoms with Crippen LogP contribution in [0.15, 0.2) is 12.2 Å². The van der Waals surface area contributed by atoms with Crippen molar-refractivity contribution in [3.8, 4) is 0 Å². The summed E-state index contributed by atoms with van der Waals surface area (Å²) >= 11 is 0. The summed E-state index contributed by atoms with van der Waals surface area (Å²) in [6.07, 6.45) is 2.34. The number of nitrogens with one attached hydrogen (secondary N) is 1. The van der Waals surface area contributed by atoms with Crippen LogP contribution in [-0.4, -0.2) is 12.6 Å². The molecule has 1 nitrogen and oxygen atoms in total. The van der Waals surface area contributed by atoms with Crippen molar-refractivity contribution >= 4 is 0 Å². The van der Waals surface area contributed by atoms with Crippen molar-refractivity contribution in [3.05, 3.63) is 12.2 Å². The van der Waals surface area contributed by atoms with E-state index >= 15 is 0 Å². The molecule has 0 aromatic rings. The molecule has 0 amide bonds. The summed E-state index contributed by atoms with van der Waals surface area (Å²) in [5.41, 5.74) is 1.56. The van der Waals surface area contributed by atoms with Gasteiger partial charge in [0.05, 0.1) is 0 Å². The maximum absolute atomic E-state index is 3.98. The second-order valence-corrected chi connectivity index (χ2v) is 4.12. The van der Waals surface area contributed by atoms with Crippen LogP contribution in [0.4, 0.5) is 0 Å². The summed E-state index contributed by atoms with van der Waals surface area (Å²) in [4.78, 5) is 0. The Morgan fingerprint density at radius 3 is 2.33 bits per heavy atom. The van der Waals surface area contributed by atoms with Crippen LogP contribution in [0.3, 0.4) is 0 Å². The van der Waals surface area contributed by atoms with E-state index in [1.54, 1.807) is 0 Å². The average molecular weight is 169 g/mol. The third-order valence-corrected chi connectivity index (χ3v) is 2.98. The molecule has 0 bridgehead atoms. The largest absolute Gasteiger partial charge is 0.315 e. The van der Waals surface area contributed by atoms with E-state index in [1.165, 1.54) is 18.4 Å². The first-order valence-corrected chi connectivity index (χ1v) is 4.79. The Morgan fingerprint density at radius 1 is 1.58 bits per heavy atom. The topological polar surface area (TPSA) is 12.0 Å². The zero-order valence-corrected chi connectivity index (χ0v) is 9.20.